The maximum absolute atomic E-state index is 13.1. The molecule has 26 heavy (non-hydrogen) atoms. The summed E-state index contributed by atoms with van der Waals surface area (Å²) in [6, 6.07) is 4.46. The number of hydrogen-bond donors (Lipinski definition) is 1. The first-order valence-electron chi connectivity index (χ1n) is 9.65. The topological polar surface area (TPSA) is 83.6 Å². The fourth-order valence-electron chi connectivity index (χ4n) is 3.90. The van der Waals surface area contributed by atoms with Crippen molar-refractivity contribution in [2.24, 2.45) is 0 Å². The number of amides is 1. The van der Waals surface area contributed by atoms with Crippen LogP contribution >= 0.6 is 0 Å². The Morgan fingerprint density at radius 2 is 2.08 bits per heavy atom. The van der Waals surface area contributed by atoms with Crippen LogP contribution < -0.4 is 5.32 Å². The van der Waals surface area contributed by atoms with E-state index in [0.717, 1.165) is 61.7 Å². The molecule has 2 heterocycles. The van der Waals surface area contributed by atoms with E-state index in [2.05, 4.69) is 30.3 Å². The molecule has 136 valence electrons. The maximum atomic E-state index is 13.1. The van der Waals surface area contributed by atoms with Crippen molar-refractivity contribution in [3.8, 4) is 6.07 Å². The van der Waals surface area contributed by atoms with Crippen LogP contribution in [0.3, 0.4) is 0 Å². The predicted octanol–water partition coefficient (Wildman–Crippen LogP) is 3.85. The van der Waals surface area contributed by atoms with Crippen LogP contribution in [0.1, 0.15) is 86.8 Å². The van der Waals surface area contributed by atoms with E-state index in [4.69, 9.17) is 4.98 Å². The number of nitrogens with zero attached hydrogens (tertiary/aromatic N) is 4. The minimum absolute atomic E-state index is 0.175. The van der Waals surface area contributed by atoms with Crippen molar-refractivity contribution < 1.29 is 4.79 Å². The van der Waals surface area contributed by atoms with Crippen molar-refractivity contribution in [3.63, 3.8) is 0 Å². The normalized spacial score (nSPS) is 19.5. The molecule has 2 aromatic rings. The molecule has 0 atom stereocenters. The number of hydrogen-bond acceptors (Lipinski definition) is 4. The second kappa shape index (κ2) is 6.39. The number of carbonyl (C=O) groups is 1. The second-order valence-electron chi connectivity index (χ2n) is 8.00. The first-order valence-corrected chi connectivity index (χ1v) is 9.65. The number of nitriles is 1. The number of rotatable bonds is 4. The Hall–Kier alpha value is -2.42. The van der Waals surface area contributed by atoms with Crippen molar-refractivity contribution in [1.29, 1.82) is 5.26 Å². The quantitative estimate of drug-likeness (QED) is 0.907. The Balaban J connectivity index is 1.75. The Morgan fingerprint density at radius 1 is 1.35 bits per heavy atom. The van der Waals surface area contributed by atoms with Gasteiger partial charge in [-0.25, -0.2) is 9.67 Å². The molecule has 6 nitrogen and oxygen atoms in total. The van der Waals surface area contributed by atoms with Gasteiger partial charge in [0.05, 0.1) is 23.2 Å². The highest BCUT2D eigenvalue weighted by atomic mass is 16.1. The number of nitrogens with one attached hydrogen (secondary N) is 1. The first kappa shape index (κ1) is 17.0. The molecule has 6 heteroatoms. The smallest absolute Gasteiger partial charge is 0.253 e. The third-order valence-electron chi connectivity index (χ3n) is 5.59. The SMILES string of the molecule is CC(C)n1ncc2c(C(=O)NC3(C#N)CCCCC3)cc(C3CC3)nc21. The summed E-state index contributed by atoms with van der Waals surface area (Å²) in [6.45, 7) is 4.12. The average Bonchev–Trinajstić information content (AvgIpc) is 3.40. The van der Waals surface area contributed by atoms with Crippen LogP contribution in [0.2, 0.25) is 0 Å². The Bertz CT molecular complexity index is 881. The van der Waals surface area contributed by atoms with Crippen LogP contribution in [0.25, 0.3) is 11.0 Å². The molecular weight excluding hydrogens is 326 g/mol. The summed E-state index contributed by atoms with van der Waals surface area (Å²) in [7, 11) is 0. The molecule has 1 N–H and O–H groups in total. The summed E-state index contributed by atoms with van der Waals surface area (Å²) in [4.78, 5) is 17.9. The molecular formula is C20H25N5O. The lowest BCUT2D eigenvalue weighted by atomic mass is 9.82. The van der Waals surface area contributed by atoms with Gasteiger partial charge in [-0.15, -0.1) is 0 Å². The third-order valence-corrected chi connectivity index (χ3v) is 5.59. The maximum Gasteiger partial charge on any atom is 0.253 e. The summed E-state index contributed by atoms with van der Waals surface area (Å²) in [5.74, 6) is 0.270. The zero-order valence-corrected chi connectivity index (χ0v) is 15.5. The van der Waals surface area contributed by atoms with Gasteiger partial charge in [0.1, 0.15) is 5.54 Å². The molecule has 2 aromatic heterocycles. The first-order chi connectivity index (χ1) is 12.5. The molecule has 2 aliphatic carbocycles. The molecule has 0 aromatic carbocycles. The van der Waals surface area contributed by atoms with Crippen molar-refractivity contribution in [2.75, 3.05) is 0 Å². The molecule has 0 saturated heterocycles. The van der Waals surface area contributed by atoms with E-state index < -0.39 is 5.54 Å². The largest absolute Gasteiger partial charge is 0.334 e. The van der Waals surface area contributed by atoms with Crippen LogP contribution in [0, 0.1) is 11.3 Å². The fourth-order valence-corrected chi connectivity index (χ4v) is 3.90. The zero-order chi connectivity index (χ0) is 18.3. The van der Waals surface area contributed by atoms with Gasteiger partial charge >= 0.3 is 0 Å². The van der Waals surface area contributed by atoms with Crippen molar-refractivity contribution in [2.45, 2.75) is 76.3 Å². The van der Waals surface area contributed by atoms with E-state index in [1.807, 2.05) is 10.7 Å². The van der Waals surface area contributed by atoms with Crippen LogP contribution in [0.4, 0.5) is 0 Å². The van der Waals surface area contributed by atoms with Gasteiger partial charge in [0.25, 0.3) is 5.91 Å². The van der Waals surface area contributed by atoms with Gasteiger partial charge in [-0.2, -0.15) is 10.4 Å². The Kier molecular flexibility index (Phi) is 4.18. The zero-order valence-electron chi connectivity index (χ0n) is 15.5. The van der Waals surface area contributed by atoms with Gasteiger partial charge in [-0.05, 0) is 45.6 Å². The molecule has 2 saturated carbocycles. The molecule has 1 amide bonds. The molecule has 0 bridgehead atoms. The Labute approximate surface area is 153 Å². The standard InChI is InChI=1S/C20H25N5O/c1-13(2)25-18-16(11-22-25)15(10-17(23-18)14-6-7-14)19(26)24-20(12-21)8-4-3-5-9-20/h10-11,13-14H,3-9H2,1-2H3,(H,24,26). The third kappa shape index (κ3) is 2.96. The van der Waals surface area contributed by atoms with Gasteiger partial charge in [0.2, 0.25) is 0 Å². The summed E-state index contributed by atoms with van der Waals surface area (Å²) in [5.41, 5.74) is 1.60. The minimum atomic E-state index is -0.737. The number of carbonyl (C=O) groups excluding carboxylic acids is 1. The second-order valence-corrected chi connectivity index (χ2v) is 8.00. The summed E-state index contributed by atoms with van der Waals surface area (Å²) >= 11 is 0. The van der Waals surface area contributed by atoms with Crippen LogP contribution in [-0.4, -0.2) is 26.2 Å². The van der Waals surface area contributed by atoms with Gasteiger partial charge in [-0.1, -0.05) is 19.3 Å². The number of pyridine rings is 1. The highest BCUT2D eigenvalue weighted by Crippen LogP contribution is 2.40. The van der Waals surface area contributed by atoms with Gasteiger partial charge in [0.15, 0.2) is 5.65 Å². The Morgan fingerprint density at radius 3 is 2.69 bits per heavy atom. The molecule has 4 rings (SSSR count). The lowest BCUT2D eigenvalue weighted by Crippen LogP contribution is -2.48. The van der Waals surface area contributed by atoms with E-state index in [-0.39, 0.29) is 11.9 Å². The van der Waals surface area contributed by atoms with E-state index in [0.29, 0.717) is 11.5 Å². The van der Waals surface area contributed by atoms with E-state index in [9.17, 15) is 10.1 Å². The van der Waals surface area contributed by atoms with Gasteiger partial charge < -0.3 is 5.32 Å². The minimum Gasteiger partial charge on any atom is -0.334 e. The summed E-state index contributed by atoms with van der Waals surface area (Å²) in [6.07, 6.45) is 8.53. The van der Waals surface area contributed by atoms with E-state index >= 15 is 0 Å². The molecule has 0 unspecified atom stereocenters. The lowest BCUT2D eigenvalue weighted by Gasteiger charge is -2.31. The lowest BCUT2D eigenvalue weighted by molar-refractivity contribution is 0.0904. The van der Waals surface area contributed by atoms with Crippen LogP contribution in [-0.2, 0) is 0 Å². The monoisotopic (exact) mass is 351 g/mol. The summed E-state index contributed by atoms with van der Waals surface area (Å²) in [5, 5.41) is 18.0. The van der Waals surface area contributed by atoms with Crippen molar-refractivity contribution in [1.82, 2.24) is 20.1 Å². The van der Waals surface area contributed by atoms with Gasteiger partial charge in [-0.3, -0.25) is 4.79 Å². The molecule has 2 aliphatic rings. The van der Waals surface area contributed by atoms with E-state index in [1.165, 1.54) is 0 Å². The molecule has 0 aliphatic heterocycles. The average molecular weight is 351 g/mol. The summed E-state index contributed by atoms with van der Waals surface area (Å²) < 4.78 is 1.87. The van der Waals surface area contributed by atoms with Crippen molar-refractivity contribution in [3.05, 3.63) is 23.5 Å². The number of fused-ring (bicyclic) bond motifs is 1. The van der Waals surface area contributed by atoms with Crippen LogP contribution in [0.15, 0.2) is 12.3 Å². The molecule has 2 fully saturated rings. The van der Waals surface area contributed by atoms with Crippen LogP contribution in [0.5, 0.6) is 0 Å². The number of aromatic nitrogens is 3. The van der Waals surface area contributed by atoms with Gasteiger partial charge in [0, 0.05) is 17.7 Å². The van der Waals surface area contributed by atoms with E-state index in [1.54, 1.807) is 6.20 Å². The highest BCUT2D eigenvalue weighted by Gasteiger charge is 2.35. The molecule has 0 spiro atoms. The predicted molar refractivity (Wildman–Crippen MR) is 98.8 cm³/mol. The highest BCUT2D eigenvalue weighted by molar-refractivity contribution is 6.06. The van der Waals surface area contributed by atoms with Crippen molar-refractivity contribution >= 4 is 16.9 Å². The molecule has 0 radical (unpaired) electrons. The fraction of sp³-hybridized carbons (Fsp3) is 0.600.